The smallest absolute Gasteiger partial charge is 0.274 e. The van der Waals surface area contributed by atoms with Crippen molar-refractivity contribution in [2.75, 3.05) is 24.3 Å². The predicted octanol–water partition coefficient (Wildman–Crippen LogP) is 2.34. The number of nitrogens with zero attached hydrogens (tertiary/aromatic N) is 2. The summed E-state index contributed by atoms with van der Waals surface area (Å²) in [6, 6.07) is 8.75. The molecule has 0 saturated heterocycles. The Morgan fingerprint density at radius 2 is 2.19 bits per heavy atom. The van der Waals surface area contributed by atoms with Gasteiger partial charge in [0.05, 0.1) is 12.8 Å². The summed E-state index contributed by atoms with van der Waals surface area (Å²) in [5.74, 6) is 0.823. The van der Waals surface area contributed by atoms with E-state index in [9.17, 15) is 4.79 Å². The summed E-state index contributed by atoms with van der Waals surface area (Å²) in [6.45, 7) is 4.17. The third kappa shape index (κ3) is 3.79. The summed E-state index contributed by atoms with van der Waals surface area (Å²) >= 11 is 0. The molecule has 0 fully saturated rings. The molecule has 1 amide bonds. The lowest BCUT2D eigenvalue weighted by Gasteiger charge is -2.09. The van der Waals surface area contributed by atoms with Crippen LogP contribution in [0.5, 0.6) is 5.75 Å². The molecule has 0 aliphatic heterocycles. The van der Waals surface area contributed by atoms with Crippen LogP contribution >= 0.6 is 0 Å². The molecule has 0 spiro atoms. The van der Waals surface area contributed by atoms with Crippen LogP contribution in [-0.4, -0.2) is 29.5 Å². The average molecular weight is 284 g/mol. The number of nitrogens with one attached hydrogen (secondary N) is 2. The second-order valence-electron chi connectivity index (χ2n) is 4.11. The van der Waals surface area contributed by atoms with E-state index in [1.807, 2.05) is 12.1 Å². The Balaban J connectivity index is 2.14. The van der Waals surface area contributed by atoms with Crippen molar-refractivity contribution in [3.05, 3.63) is 55.0 Å². The molecule has 21 heavy (non-hydrogen) atoms. The van der Waals surface area contributed by atoms with Gasteiger partial charge in [-0.2, -0.15) is 0 Å². The van der Waals surface area contributed by atoms with Crippen molar-refractivity contribution in [2.45, 2.75) is 0 Å². The molecule has 0 unspecified atom stereocenters. The first-order valence-electron chi connectivity index (χ1n) is 6.35. The van der Waals surface area contributed by atoms with Crippen LogP contribution in [-0.2, 0) is 0 Å². The van der Waals surface area contributed by atoms with E-state index in [0.717, 1.165) is 0 Å². The minimum Gasteiger partial charge on any atom is -0.495 e. The minimum absolute atomic E-state index is 0.266. The third-order valence-corrected chi connectivity index (χ3v) is 2.68. The fourth-order valence-electron chi connectivity index (χ4n) is 1.69. The van der Waals surface area contributed by atoms with E-state index in [1.54, 1.807) is 31.4 Å². The lowest BCUT2D eigenvalue weighted by atomic mass is 10.2. The first-order chi connectivity index (χ1) is 10.2. The Labute approximate surface area is 122 Å². The van der Waals surface area contributed by atoms with Crippen LogP contribution in [0.15, 0.2) is 49.3 Å². The number of carbonyl (C=O) groups excluding carboxylic acids is 1. The SMILES string of the molecule is C=CCNc1cc(C(=O)Nc2ccccc2OC)ncn1. The Morgan fingerprint density at radius 1 is 1.38 bits per heavy atom. The molecule has 1 aromatic heterocycles. The molecule has 0 atom stereocenters. The molecule has 2 aromatic rings. The molecule has 0 aliphatic carbocycles. The molecule has 0 saturated carbocycles. The summed E-state index contributed by atoms with van der Waals surface area (Å²) in [5.41, 5.74) is 0.853. The molecule has 0 bridgehead atoms. The number of carbonyl (C=O) groups is 1. The third-order valence-electron chi connectivity index (χ3n) is 2.68. The van der Waals surface area contributed by atoms with Gasteiger partial charge in [0, 0.05) is 12.6 Å². The van der Waals surface area contributed by atoms with Crippen LogP contribution in [0.25, 0.3) is 0 Å². The average Bonchev–Trinajstić information content (AvgIpc) is 2.53. The normalized spacial score (nSPS) is 9.76. The van der Waals surface area contributed by atoms with Gasteiger partial charge in [-0.1, -0.05) is 18.2 Å². The van der Waals surface area contributed by atoms with Crippen LogP contribution in [0.2, 0.25) is 0 Å². The fraction of sp³-hybridized carbons (Fsp3) is 0.133. The molecule has 6 heteroatoms. The molecule has 6 nitrogen and oxygen atoms in total. The van der Waals surface area contributed by atoms with Gasteiger partial charge < -0.3 is 15.4 Å². The molecule has 1 aromatic carbocycles. The monoisotopic (exact) mass is 284 g/mol. The first-order valence-corrected chi connectivity index (χ1v) is 6.35. The van der Waals surface area contributed by atoms with Gasteiger partial charge in [-0.15, -0.1) is 6.58 Å². The second kappa shape index (κ2) is 7.04. The van der Waals surface area contributed by atoms with Gasteiger partial charge in [-0.3, -0.25) is 4.79 Å². The number of methoxy groups -OCH3 is 1. The van der Waals surface area contributed by atoms with Gasteiger partial charge in [0.2, 0.25) is 0 Å². The maximum atomic E-state index is 12.2. The standard InChI is InChI=1S/C15H16N4O2/c1-3-8-16-14-9-12(17-10-18-14)15(20)19-11-6-4-5-7-13(11)21-2/h3-7,9-10H,1,8H2,2H3,(H,19,20)(H,16,17,18). The van der Waals surface area contributed by atoms with Crippen molar-refractivity contribution in [1.29, 1.82) is 0 Å². The highest BCUT2D eigenvalue weighted by molar-refractivity contribution is 6.04. The van der Waals surface area contributed by atoms with E-state index in [1.165, 1.54) is 6.33 Å². The molecular formula is C15H16N4O2. The van der Waals surface area contributed by atoms with Gasteiger partial charge in [-0.05, 0) is 12.1 Å². The molecular weight excluding hydrogens is 268 g/mol. The van der Waals surface area contributed by atoms with Crippen LogP contribution < -0.4 is 15.4 Å². The molecule has 1 heterocycles. The van der Waals surface area contributed by atoms with Gasteiger partial charge in [-0.25, -0.2) is 9.97 Å². The van der Waals surface area contributed by atoms with E-state index >= 15 is 0 Å². The molecule has 108 valence electrons. The largest absolute Gasteiger partial charge is 0.495 e. The van der Waals surface area contributed by atoms with Gasteiger partial charge in [0.15, 0.2) is 0 Å². The van der Waals surface area contributed by atoms with Crippen molar-refractivity contribution in [3.8, 4) is 5.75 Å². The zero-order chi connectivity index (χ0) is 15.1. The van der Waals surface area contributed by atoms with Crippen molar-refractivity contribution in [3.63, 3.8) is 0 Å². The second-order valence-corrected chi connectivity index (χ2v) is 4.11. The van der Waals surface area contributed by atoms with Crippen molar-refractivity contribution >= 4 is 17.4 Å². The lowest BCUT2D eigenvalue weighted by molar-refractivity contribution is 0.102. The molecule has 2 rings (SSSR count). The highest BCUT2D eigenvalue weighted by Crippen LogP contribution is 2.23. The zero-order valence-corrected chi connectivity index (χ0v) is 11.7. The molecule has 0 aliphatic rings. The Morgan fingerprint density at radius 3 is 2.95 bits per heavy atom. The maximum Gasteiger partial charge on any atom is 0.274 e. The maximum absolute atomic E-state index is 12.2. The van der Waals surface area contributed by atoms with Crippen molar-refractivity contribution in [1.82, 2.24) is 9.97 Å². The van der Waals surface area contributed by atoms with Gasteiger partial charge in [0.25, 0.3) is 5.91 Å². The zero-order valence-electron chi connectivity index (χ0n) is 11.7. The Hall–Kier alpha value is -2.89. The number of rotatable bonds is 6. The number of hydrogen-bond acceptors (Lipinski definition) is 5. The van der Waals surface area contributed by atoms with E-state index in [4.69, 9.17) is 4.74 Å². The van der Waals surface area contributed by atoms with E-state index in [-0.39, 0.29) is 11.6 Å². The Kier molecular flexibility index (Phi) is 4.87. The summed E-state index contributed by atoms with van der Waals surface area (Å²) in [7, 11) is 1.55. The van der Waals surface area contributed by atoms with E-state index in [2.05, 4.69) is 27.2 Å². The van der Waals surface area contributed by atoms with Crippen LogP contribution in [0.4, 0.5) is 11.5 Å². The van der Waals surface area contributed by atoms with E-state index in [0.29, 0.717) is 23.8 Å². The minimum atomic E-state index is -0.330. The molecule has 0 radical (unpaired) electrons. The summed E-state index contributed by atoms with van der Waals surface area (Å²) in [4.78, 5) is 20.2. The van der Waals surface area contributed by atoms with Crippen molar-refractivity contribution < 1.29 is 9.53 Å². The van der Waals surface area contributed by atoms with Crippen LogP contribution in [0, 0.1) is 0 Å². The van der Waals surface area contributed by atoms with Gasteiger partial charge in [0.1, 0.15) is 23.6 Å². The number of anilines is 2. The summed E-state index contributed by atoms with van der Waals surface area (Å²) < 4.78 is 5.19. The number of aromatic nitrogens is 2. The predicted molar refractivity (Wildman–Crippen MR) is 81.7 cm³/mol. The Bertz CT molecular complexity index is 643. The summed E-state index contributed by atoms with van der Waals surface area (Å²) in [5, 5.41) is 5.76. The fourth-order valence-corrected chi connectivity index (χ4v) is 1.69. The van der Waals surface area contributed by atoms with Gasteiger partial charge >= 0.3 is 0 Å². The number of ether oxygens (including phenoxy) is 1. The highest BCUT2D eigenvalue weighted by atomic mass is 16.5. The number of hydrogen-bond donors (Lipinski definition) is 2. The van der Waals surface area contributed by atoms with Crippen LogP contribution in [0.1, 0.15) is 10.5 Å². The van der Waals surface area contributed by atoms with Crippen LogP contribution in [0.3, 0.4) is 0 Å². The topological polar surface area (TPSA) is 76.1 Å². The van der Waals surface area contributed by atoms with E-state index < -0.39 is 0 Å². The quantitative estimate of drug-likeness (QED) is 0.796. The number of amides is 1. The number of para-hydroxylation sites is 2. The number of benzene rings is 1. The summed E-state index contributed by atoms with van der Waals surface area (Å²) in [6.07, 6.45) is 3.04. The first kappa shape index (κ1) is 14.5. The van der Waals surface area contributed by atoms with Crippen molar-refractivity contribution in [2.24, 2.45) is 0 Å². The highest BCUT2D eigenvalue weighted by Gasteiger charge is 2.11. The lowest BCUT2D eigenvalue weighted by Crippen LogP contribution is -2.15. The molecule has 2 N–H and O–H groups in total.